The molecule has 17 heavy (non-hydrogen) atoms. The van der Waals surface area contributed by atoms with Gasteiger partial charge in [0, 0.05) is 5.39 Å². The van der Waals surface area contributed by atoms with Gasteiger partial charge in [-0.25, -0.2) is 0 Å². The predicted octanol–water partition coefficient (Wildman–Crippen LogP) is 3.11. The highest BCUT2D eigenvalue weighted by atomic mass is 16.3. The van der Waals surface area contributed by atoms with Crippen molar-refractivity contribution in [3.8, 4) is 17.2 Å². The second kappa shape index (κ2) is 3.28. The number of rotatable bonds is 0. The van der Waals surface area contributed by atoms with E-state index in [9.17, 15) is 15.3 Å². The standard InChI is InChI=1S/C14H10O3/c15-12-7-10-5-8-3-1-2-4-9(8)6-11(10)13(16)14(12)17/h1-7,15-17H. The fourth-order valence-corrected chi connectivity index (χ4v) is 2.05. The molecule has 0 heterocycles. The van der Waals surface area contributed by atoms with Crippen LogP contribution in [0.4, 0.5) is 0 Å². The largest absolute Gasteiger partial charge is 0.504 e. The maximum absolute atomic E-state index is 9.79. The minimum Gasteiger partial charge on any atom is -0.504 e. The van der Waals surface area contributed by atoms with Crippen molar-refractivity contribution in [1.29, 1.82) is 0 Å². The van der Waals surface area contributed by atoms with Crippen LogP contribution >= 0.6 is 0 Å². The minimum atomic E-state index is -0.479. The molecule has 3 aromatic rings. The molecule has 0 aliphatic rings. The molecule has 3 N–H and O–H groups in total. The van der Waals surface area contributed by atoms with Crippen LogP contribution in [0, 0.1) is 0 Å². The third-order valence-corrected chi connectivity index (χ3v) is 2.93. The Morgan fingerprint density at radius 1 is 0.647 bits per heavy atom. The van der Waals surface area contributed by atoms with Gasteiger partial charge < -0.3 is 15.3 Å². The summed E-state index contributed by atoms with van der Waals surface area (Å²) >= 11 is 0. The summed E-state index contributed by atoms with van der Waals surface area (Å²) in [5.74, 6) is -1.08. The molecule has 3 rings (SSSR count). The van der Waals surface area contributed by atoms with E-state index in [1.165, 1.54) is 6.07 Å². The predicted molar refractivity (Wildman–Crippen MR) is 66.4 cm³/mol. The lowest BCUT2D eigenvalue weighted by Gasteiger charge is -2.07. The van der Waals surface area contributed by atoms with Crippen molar-refractivity contribution in [1.82, 2.24) is 0 Å². The van der Waals surface area contributed by atoms with Gasteiger partial charge in [0.1, 0.15) is 0 Å². The lowest BCUT2D eigenvalue weighted by atomic mass is 10.0. The van der Waals surface area contributed by atoms with E-state index in [1.807, 2.05) is 30.3 Å². The second-order valence-corrected chi connectivity index (χ2v) is 4.01. The third kappa shape index (κ3) is 1.36. The quantitative estimate of drug-likeness (QED) is 0.407. The molecule has 0 saturated carbocycles. The van der Waals surface area contributed by atoms with Crippen LogP contribution in [0.2, 0.25) is 0 Å². The number of phenolic OH excluding ortho intramolecular Hbond substituents is 3. The van der Waals surface area contributed by atoms with Crippen molar-refractivity contribution in [2.75, 3.05) is 0 Å². The lowest BCUT2D eigenvalue weighted by Crippen LogP contribution is -1.79. The van der Waals surface area contributed by atoms with Gasteiger partial charge in [0.15, 0.2) is 11.5 Å². The molecular weight excluding hydrogens is 216 g/mol. The summed E-state index contributed by atoms with van der Waals surface area (Å²) in [6, 6.07) is 12.8. The molecule has 0 fully saturated rings. The molecule has 84 valence electrons. The summed E-state index contributed by atoms with van der Waals surface area (Å²) < 4.78 is 0. The van der Waals surface area contributed by atoms with E-state index in [4.69, 9.17) is 0 Å². The Bertz CT molecular complexity index is 732. The van der Waals surface area contributed by atoms with Gasteiger partial charge >= 0.3 is 0 Å². The first-order valence-corrected chi connectivity index (χ1v) is 5.23. The third-order valence-electron chi connectivity index (χ3n) is 2.93. The molecule has 0 saturated heterocycles. The number of hydrogen-bond acceptors (Lipinski definition) is 3. The Kier molecular flexibility index (Phi) is 1.89. The van der Waals surface area contributed by atoms with Gasteiger partial charge in [-0.1, -0.05) is 24.3 Å². The molecule has 0 bridgehead atoms. The van der Waals surface area contributed by atoms with Gasteiger partial charge in [-0.2, -0.15) is 0 Å². The summed E-state index contributed by atoms with van der Waals surface area (Å²) in [4.78, 5) is 0. The highest BCUT2D eigenvalue weighted by molar-refractivity contribution is 6.02. The summed E-state index contributed by atoms with van der Waals surface area (Å²) in [5, 5.41) is 31.9. The van der Waals surface area contributed by atoms with E-state index in [-0.39, 0.29) is 11.5 Å². The molecule has 0 aromatic heterocycles. The van der Waals surface area contributed by atoms with Crippen LogP contribution in [0.25, 0.3) is 21.5 Å². The molecule has 0 aliphatic heterocycles. The maximum Gasteiger partial charge on any atom is 0.200 e. The number of aromatic hydroxyl groups is 3. The van der Waals surface area contributed by atoms with E-state index in [0.717, 1.165) is 10.8 Å². The average molecular weight is 226 g/mol. The molecule has 0 atom stereocenters. The first kappa shape index (κ1) is 9.78. The Hall–Kier alpha value is -2.42. The fraction of sp³-hybridized carbons (Fsp3) is 0. The van der Waals surface area contributed by atoms with Gasteiger partial charge in [0.05, 0.1) is 0 Å². The Morgan fingerprint density at radius 3 is 2.00 bits per heavy atom. The highest BCUT2D eigenvalue weighted by Crippen LogP contribution is 2.42. The monoisotopic (exact) mass is 226 g/mol. The van der Waals surface area contributed by atoms with E-state index >= 15 is 0 Å². The number of benzene rings is 3. The second-order valence-electron chi connectivity index (χ2n) is 4.01. The lowest BCUT2D eigenvalue weighted by molar-refractivity contribution is 0.371. The zero-order valence-corrected chi connectivity index (χ0v) is 8.88. The van der Waals surface area contributed by atoms with Gasteiger partial charge in [-0.15, -0.1) is 0 Å². The van der Waals surface area contributed by atoms with E-state index < -0.39 is 5.75 Å². The summed E-state index contributed by atoms with van der Waals surface area (Å²) in [6.45, 7) is 0. The Balaban J connectivity index is 2.52. The average Bonchev–Trinajstić information content (AvgIpc) is 2.34. The zero-order chi connectivity index (χ0) is 12.0. The van der Waals surface area contributed by atoms with Crippen LogP contribution in [0.1, 0.15) is 0 Å². The van der Waals surface area contributed by atoms with Gasteiger partial charge in [0.2, 0.25) is 5.75 Å². The zero-order valence-electron chi connectivity index (χ0n) is 8.88. The fourth-order valence-electron chi connectivity index (χ4n) is 2.05. The van der Waals surface area contributed by atoms with Gasteiger partial charge in [0.25, 0.3) is 0 Å². The van der Waals surface area contributed by atoms with Gasteiger partial charge in [-0.3, -0.25) is 0 Å². The van der Waals surface area contributed by atoms with Crippen molar-refractivity contribution >= 4 is 21.5 Å². The normalized spacial score (nSPS) is 11.1. The first-order chi connectivity index (χ1) is 8.16. The maximum atomic E-state index is 9.79. The number of fused-ring (bicyclic) bond motifs is 2. The summed E-state index contributed by atoms with van der Waals surface area (Å²) in [7, 11) is 0. The molecule has 0 spiro atoms. The molecule has 3 heteroatoms. The summed E-state index contributed by atoms with van der Waals surface area (Å²) in [6.07, 6.45) is 0. The topological polar surface area (TPSA) is 60.7 Å². The Labute approximate surface area is 97.2 Å². The highest BCUT2D eigenvalue weighted by Gasteiger charge is 2.11. The Morgan fingerprint density at radius 2 is 1.29 bits per heavy atom. The van der Waals surface area contributed by atoms with Crippen LogP contribution < -0.4 is 0 Å². The van der Waals surface area contributed by atoms with Crippen molar-refractivity contribution in [3.05, 3.63) is 42.5 Å². The molecular formula is C14H10O3. The van der Waals surface area contributed by atoms with Crippen molar-refractivity contribution < 1.29 is 15.3 Å². The van der Waals surface area contributed by atoms with Crippen LogP contribution in [-0.4, -0.2) is 15.3 Å². The number of hydrogen-bond donors (Lipinski definition) is 3. The van der Waals surface area contributed by atoms with E-state index in [1.54, 1.807) is 6.07 Å². The molecule has 0 unspecified atom stereocenters. The minimum absolute atomic E-state index is 0.286. The molecule has 3 aromatic carbocycles. The molecule has 0 radical (unpaired) electrons. The van der Waals surface area contributed by atoms with Crippen LogP contribution in [-0.2, 0) is 0 Å². The SMILES string of the molecule is Oc1cc2cc3ccccc3cc2c(O)c1O. The van der Waals surface area contributed by atoms with Crippen LogP contribution in [0.15, 0.2) is 42.5 Å². The van der Waals surface area contributed by atoms with Crippen molar-refractivity contribution in [3.63, 3.8) is 0 Å². The summed E-state index contributed by atoms with van der Waals surface area (Å²) in [5.41, 5.74) is 0. The first-order valence-electron chi connectivity index (χ1n) is 5.23. The molecule has 0 aliphatic carbocycles. The van der Waals surface area contributed by atoms with Crippen molar-refractivity contribution in [2.45, 2.75) is 0 Å². The van der Waals surface area contributed by atoms with Crippen molar-refractivity contribution in [2.24, 2.45) is 0 Å². The smallest absolute Gasteiger partial charge is 0.200 e. The number of phenols is 3. The molecule has 0 amide bonds. The van der Waals surface area contributed by atoms with E-state index in [2.05, 4.69) is 0 Å². The van der Waals surface area contributed by atoms with Crippen LogP contribution in [0.3, 0.4) is 0 Å². The van der Waals surface area contributed by atoms with E-state index in [0.29, 0.717) is 10.8 Å². The van der Waals surface area contributed by atoms with Crippen LogP contribution in [0.5, 0.6) is 17.2 Å². The molecule has 3 nitrogen and oxygen atoms in total. The van der Waals surface area contributed by atoms with Gasteiger partial charge in [-0.05, 0) is 34.4 Å².